The van der Waals surface area contributed by atoms with E-state index in [0.717, 1.165) is 16.9 Å². The summed E-state index contributed by atoms with van der Waals surface area (Å²) in [5.74, 6) is 5.45. The molecule has 1 aromatic carbocycles. The van der Waals surface area contributed by atoms with Crippen LogP contribution in [0.4, 0.5) is 11.5 Å². The van der Waals surface area contributed by atoms with Crippen LogP contribution in [0, 0.1) is 11.5 Å². The molecule has 34 heavy (non-hydrogen) atoms. The highest BCUT2D eigenvalue weighted by Crippen LogP contribution is 2.32. The van der Waals surface area contributed by atoms with Crippen molar-refractivity contribution in [3.63, 3.8) is 0 Å². The topological polar surface area (TPSA) is 78.2 Å². The highest BCUT2D eigenvalue weighted by molar-refractivity contribution is 6.83. The van der Waals surface area contributed by atoms with Crippen LogP contribution in [0.2, 0.25) is 19.6 Å². The Morgan fingerprint density at radius 2 is 1.74 bits per heavy atom. The van der Waals surface area contributed by atoms with Gasteiger partial charge in [0.05, 0.1) is 44.5 Å². The maximum atomic E-state index is 5.49. The number of aryl methyl sites for hydroxylation is 1. The first-order chi connectivity index (χ1) is 16.3. The number of hydrogen-bond acceptors (Lipinski definition) is 7. The Balaban J connectivity index is 1.81. The third-order valence-corrected chi connectivity index (χ3v) is 5.94. The van der Waals surface area contributed by atoms with Crippen LogP contribution in [-0.2, 0) is 7.05 Å². The monoisotopic (exact) mass is 472 g/mol. The van der Waals surface area contributed by atoms with Gasteiger partial charge in [0, 0.05) is 37.0 Å². The SMILES string of the molecule is COc1cc(OC)cc(N(CC#C[Si](C)(C)C)c2ccc3ncc(-c4cnn(C)c4)nc3n2)c1. The molecule has 0 radical (unpaired) electrons. The Hall–Kier alpha value is -3.90. The van der Waals surface area contributed by atoms with Gasteiger partial charge in [-0.05, 0) is 12.1 Å². The van der Waals surface area contributed by atoms with Crippen LogP contribution >= 0.6 is 0 Å². The molecule has 0 aliphatic heterocycles. The summed E-state index contributed by atoms with van der Waals surface area (Å²) in [6.07, 6.45) is 5.41. The van der Waals surface area contributed by atoms with Crippen LogP contribution in [0.3, 0.4) is 0 Å². The third-order valence-electron chi connectivity index (χ3n) is 5.02. The predicted molar refractivity (Wildman–Crippen MR) is 137 cm³/mol. The number of rotatable bonds is 6. The van der Waals surface area contributed by atoms with Gasteiger partial charge in [0.25, 0.3) is 0 Å². The molecule has 0 saturated carbocycles. The molecule has 0 fully saturated rings. The zero-order chi connectivity index (χ0) is 24.3. The standard InChI is InChI=1S/C25H28N6O2Si/c1-30-17-18(15-27-30)23-16-26-22-8-9-24(29-25(22)28-23)31(10-7-11-34(4,5)6)19-12-20(32-2)14-21(13-19)33-3/h8-9,12-17H,10H2,1-6H3. The molecule has 174 valence electrons. The number of methoxy groups -OCH3 is 2. The molecular weight excluding hydrogens is 444 g/mol. The summed E-state index contributed by atoms with van der Waals surface area (Å²) in [6.45, 7) is 7.14. The van der Waals surface area contributed by atoms with E-state index in [1.54, 1.807) is 31.3 Å². The lowest BCUT2D eigenvalue weighted by Gasteiger charge is -2.23. The fourth-order valence-electron chi connectivity index (χ4n) is 3.37. The molecule has 0 amide bonds. The summed E-state index contributed by atoms with van der Waals surface area (Å²) < 4.78 is 12.7. The zero-order valence-corrected chi connectivity index (χ0v) is 21.3. The highest BCUT2D eigenvalue weighted by Gasteiger charge is 2.16. The maximum absolute atomic E-state index is 5.49. The van der Waals surface area contributed by atoms with Gasteiger partial charge >= 0.3 is 0 Å². The Labute approximate surface area is 200 Å². The molecule has 0 bridgehead atoms. The molecule has 0 saturated heterocycles. The number of hydrogen-bond donors (Lipinski definition) is 0. The lowest BCUT2D eigenvalue weighted by molar-refractivity contribution is 0.394. The van der Waals surface area contributed by atoms with Crippen molar-refractivity contribution in [1.29, 1.82) is 0 Å². The second kappa shape index (κ2) is 9.53. The molecule has 3 aromatic heterocycles. The largest absolute Gasteiger partial charge is 0.497 e. The minimum Gasteiger partial charge on any atom is -0.497 e. The molecule has 0 atom stereocenters. The molecule has 0 unspecified atom stereocenters. The van der Waals surface area contributed by atoms with E-state index in [-0.39, 0.29) is 0 Å². The molecule has 0 N–H and O–H groups in total. The minimum absolute atomic E-state index is 0.467. The first-order valence-corrected chi connectivity index (χ1v) is 14.4. The van der Waals surface area contributed by atoms with Crippen LogP contribution in [0.15, 0.2) is 48.9 Å². The van der Waals surface area contributed by atoms with Gasteiger partial charge in [-0.3, -0.25) is 9.67 Å². The molecule has 8 nitrogen and oxygen atoms in total. The van der Waals surface area contributed by atoms with Gasteiger partial charge in [-0.15, -0.1) is 5.54 Å². The fourth-order valence-corrected chi connectivity index (χ4v) is 3.98. The van der Waals surface area contributed by atoms with Crippen molar-refractivity contribution < 1.29 is 9.47 Å². The van der Waals surface area contributed by atoms with E-state index in [0.29, 0.717) is 35.0 Å². The van der Waals surface area contributed by atoms with E-state index in [2.05, 4.69) is 41.2 Å². The Kier molecular flexibility index (Phi) is 6.52. The molecule has 9 heteroatoms. The molecule has 0 aliphatic carbocycles. The number of benzene rings is 1. The summed E-state index contributed by atoms with van der Waals surface area (Å²) >= 11 is 0. The maximum Gasteiger partial charge on any atom is 0.180 e. The Bertz CT molecular complexity index is 1360. The normalized spacial score (nSPS) is 11.1. The lowest BCUT2D eigenvalue weighted by Crippen LogP contribution is -2.21. The summed E-state index contributed by atoms with van der Waals surface area (Å²) in [4.78, 5) is 16.2. The van der Waals surface area contributed by atoms with Crippen molar-refractivity contribution in [2.45, 2.75) is 19.6 Å². The lowest BCUT2D eigenvalue weighted by atomic mass is 10.2. The number of anilines is 2. The Morgan fingerprint density at radius 1 is 1.00 bits per heavy atom. The van der Waals surface area contributed by atoms with Gasteiger partial charge in [0.15, 0.2) is 5.65 Å². The number of pyridine rings is 1. The van der Waals surface area contributed by atoms with Crippen LogP contribution < -0.4 is 14.4 Å². The van der Waals surface area contributed by atoms with Crippen molar-refractivity contribution in [2.75, 3.05) is 25.7 Å². The number of ether oxygens (including phenoxy) is 2. The van der Waals surface area contributed by atoms with E-state index in [1.807, 2.05) is 48.5 Å². The van der Waals surface area contributed by atoms with Gasteiger partial charge in [0.1, 0.15) is 30.9 Å². The highest BCUT2D eigenvalue weighted by atomic mass is 28.3. The van der Waals surface area contributed by atoms with Crippen molar-refractivity contribution in [3.05, 3.63) is 48.9 Å². The zero-order valence-electron chi connectivity index (χ0n) is 20.3. The quantitative estimate of drug-likeness (QED) is 0.303. The van der Waals surface area contributed by atoms with Gasteiger partial charge < -0.3 is 14.4 Å². The number of fused-ring (bicyclic) bond motifs is 1. The first-order valence-electron chi connectivity index (χ1n) is 10.9. The predicted octanol–water partition coefficient (Wildman–Crippen LogP) is 4.46. The molecule has 4 aromatic rings. The summed E-state index contributed by atoms with van der Waals surface area (Å²) in [5.41, 5.74) is 7.18. The molecular formula is C25H28N6O2Si. The summed E-state index contributed by atoms with van der Waals surface area (Å²) in [7, 11) is 3.61. The van der Waals surface area contributed by atoms with E-state index in [4.69, 9.17) is 19.4 Å². The summed E-state index contributed by atoms with van der Waals surface area (Å²) in [5, 5.41) is 4.23. The van der Waals surface area contributed by atoms with Crippen molar-refractivity contribution in [3.8, 4) is 34.2 Å². The molecule has 0 spiro atoms. The van der Waals surface area contributed by atoms with E-state index >= 15 is 0 Å². The molecule has 4 rings (SSSR count). The first kappa shape index (κ1) is 23.3. The van der Waals surface area contributed by atoms with Crippen LogP contribution in [-0.4, -0.2) is 53.6 Å². The average Bonchev–Trinajstić information content (AvgIpc) is 3.26. The van der Waals surface area contributed by atoms with Crippen molar-refractivity contribution in [1.82, 2.24) is 24.7 Å². The van der Waals surface area contributed by atoms with Crippen LogP contribution in [0.5, 0.6) is 11.5 Å². The van der Waals surface area contributed by atoms with Gasteiger partial charge in [-0.2, -0.15) is 5.10 Å². The second-order valence-corrected chi connectivity index (χ2v) is 13.6. The summed E-state index contributed by atoms with van der Waals surface area (Å²) in [6, 6.07) is 9.59. The van der Waals surface area contributed by atoms with Gasteiger partial charge in [-0.25, -0.2) is 9.97 Å². The van der Waals surface area contributed by atoms with E-state index in [1.165, 1.54) is 0 Å². The van der Waals surface area contributed by atoms with Crippen molar-refractivity contribution >= 4 is 30.7 Å². The molecule has 0 aliphatic rings. The fraction of sp³-hybridized carbons (Fsp3) is 0.280. The minimum atomic E-state index is -1.54. The molecule has 3 heterocycles. The third kappa shape index (κ3) is 5.35. The van der Waals surface area contributed by atoms with E-state index in [9.17, 15) is 0 Å². The van der Waals surface area contributed by atoms with E-state index < -0.39 is 8.07 Å². The second-order valence-electron chi connectivity index (χ2n) is 8.88. The van der Waals surface area contributed by atoms with Gasteiger partial charge in [0.2, 0.25) is 0 Å². The van der Waals surface area contributed by atoms with Gasteiger partial charge in [-0.1, -0.05) is 25.6 Å². The smallest absolute Gasteiger partial charge is 0.180 e. The van der Waals surface area contributed by atoms with Crippen LogP contribution in [0.1, 0.15) is 0 Å². The van der Waals surface area contributed by atoms with Crippen LogP contribution in [0.25, 0.3) is 22.4 Å². The average molecular weight is 473 g/mol. The van der Waals surface area contributed by atoms with Crippen molar-refractivity contribution in [2.24, 2.45) is 7.05 Å². The number of aromatic nitrogens is 5. The number of nitrogens with zero attached hydrogens (tertiary/aromatic N) is 6. The Morgan fingerprint density at radius 3 is 2.35 bits per heavy atom.